The number of amides is 1. The summed E-state index contributed by atoms with van der Waals surface area (Å²) < 4.78 is 0. The van der Waals surface area contributed by atoms with Crippen molar-refractivity contribution in [2.45, 2.75) is 32.2 Å². The van der Waals surface area contributed by atoms with Crippen LogP contribution in [0.2, 0.25) is 0 Å². The lowest BCUT2D eigenvalue weighted by molar-refractivity contribution is -0.121. The van der Waals surface area contributed by atoms with Gasteiger partial charge < -0.3 is 10.2 Å². The first-order valence-electron chi connectivity index (χ1n) is 9.50. The van der Waals surface area contributed by atoms with E-state index in [9.17, 15) is 4.79 Å². The lowest BCUT2D eigenvalue weighted by Crippen LogP contribution is -2.45. The average molecular weight is 394 g/mol. The summed E-state index contributed by atoms with van der Waals surface area (Å²) in [5.41, 5.74) is 3.15. The predicted octanol–water partition coefficient (Wildman–Crippen LogP) is 3.24. The van der Waals surface area contributed by atoms with E-state index in [2.05, 4.69) is 56.4 Å². The van der Waals surface area contributed by atoms with Crippen LogP contribution < -0.4 is 10.2 Å². The summed E-state index contributed by atoms with van der Waals surface area (Å²) in [7, 11) is 0. The Kier molecular flexibility index (Phi) is 5.62. The fourth-order valence-corrected chi connectivity index (χ4v) is 4.16. The number of carbonyl (C=O) groups is 1. The Bertz CT molecular complexity index is 917. The number of hydrogen-bond donors (Lipinski definition) is 1. The zero-order valence-corrected chi connectivity index (χ0v) is 16.7. The fourth-order valence-electron chi connectivity index (χ4n) is 3.34. The number of anilines is 1. The van der Waals surface area contributed by atoms with Gasteiger partial charge in [0.2, 0.25) is 11.9 Å². The normalized spacial score (nSPS) is 14.8. The summed E-state index contributed by atoms with van der Waals surface area (Å²) in [5.74, 6) is 0.800. The van der Waals surface area contributed by atoms with Crippen molar-refractivity contribution in [2.75, 3.05) is 18.0 Å². The molecule has 2 aromatic heterocycles. The van der Waals surface area contributed by atoms with Gasteiger partial charge in [-0.3, -0.25) is 4.79 Å². The highest BCUT2D eigenvalue weighted by Crippen LogP contribution is 2.24. The van der Waals surface area contributed by atoms with Crippen molar-refractivity contribution in [2.24, 2.45) is 0 Å². The van der Waals surface area contributed by atoms with Gasteiger partial charge in [-0.15, -0.1) is 11.3 Å². The molecule has 0 atom stereocenters. The second kappa shape index (κ2) is 8.48. The van der Waals surface area contributed by atoms with E-state index in [0.717, 1.165) is 48.1 Å². The molecule has 144 valence electrons. The Morgan fingerprint density at radius 3 is 2.61 bits per heavy atom. The molecular weight excluding hydrogens is 370 g/mol. The number of aromatic nitrogens is 3. The first-order valence-corrected chi connectivity index (χ1v) is 10.4. The summed E-state index contributed by atoms with van der Waals surface area (Å²) >= 11 is 1.58. The quantitative estimate of drug-likeness (QED) is 0.721. The van der Waals surface area contributed by atoms with Gasteiger partial charge in [-0.1, -0.05) is 29.8 Å². The Hall–Kier alpha value is -2.80. The summed E-state index contributed by atoms with van der Waals surface area (Å²) in [6, 6.07) is 10.3. The topological polar surface area (TPSA) is 71.0 Å². The Morgan fingerprint density at radius 2 is 1.89 bits per heavy atom. The molecule has 1 fully saturated rings. The van der Waals surface area contributed by atoms with E-state index in [-0.39, 0.29) is 11.9 Å². The zero-order valence-electron chi connectivity index (χ0n) is 15.8. The van der Waals surface area contributed by atoms with Crippen LogP contribution in [0, 0.1) is 6.92 Å². The number of hydrogen-bond acceptors (Lipinski definition) is 6. The van der Waals surface area contributed by atoms with E-state index >= 15 is 0 Å². The number of nitrogens with zero attached hydrogens (tertiary/aromatic N) is 4. The molecule has 0 saturated carbocycles. The number of nitrogens with one attached hydrogen (secondary N) is 1. The van der Waals surface area contributed by atoms with Crippen LogP contribution in [0.1, 0.15) is 24.1 Å². The second-order valence-corrected chi connectivity index (χ2v) is 7.92. The number of carbonyl (C=O) groups excluding carboxylic acids is 1. The van der Waals surface area contributed by atoms with Crippen LogP contribution in [0.4, 0.5) is 5.95 Å². The van der Waals surface area contributed by atoms with Crippen molar-refractivity contribution in [3.8, 4) is 10.6 Å². The highest BCUT2D eigenvalue weighted by molar-refractivity contribution is 7.13. The van der Waals surface area contributed by atoms with Gasteiger partial charge in [0.15, 0.2) is 0 Å². The smallest absolute Gasteiger partial charge is 0.226 e. The van der Waals surface area contributed by atoms with Crippen LogP contribution in [0.15, 0.2) is 48.1 Å². The van der Waals surface area contributed by atoms with E-state index in [0.29, 0.717) is 6.42 Å². The van der Waals surface area contributed by atoms with Gasteiger partial charge in [-0.2, -0.15) is 0 Å². The van der Waals surface area contributed by atoms with Crippen LogP contribution in [0.5, 0.6) is 0 Å². The number of aryl methyl sites for hydroxylation is 1. The SMILES string of the molecule is Cc1ccc(-c2nc(CC(=O)NC3CCN(c4ncccn4)CC3)cs2)cc1. The lowest BCUT2D eigenvalue weighted by atomic mass is 10.1. The Labute approximate surface area is 168 Å². The third kappa shape index (κ3) is 4.54. The molecule has 6 nitrogen and oxygen atoms in total. The first kappa shape index (κ1) is 18.6. The van der Waals surface area contributed by atoms with Gasteiger partial charge in [-0.05, 0) is 25.8 Å². The van der Waals surface area contributed by atoms with E-state index in [1.165, 1.54) is 5.56 Å². The maximum absolute atomic E-state index is 12.4. The zero-order chi connectivity index (χ0) is 19.3. The first-order chi connectivity index (χ1) is 13.7. The molecule has 1 aromatic carbocycles. The molecular formula is C21H23N5OS. The minimum atomic E-state index is 0.0372. The van der Waals surface area contributed by atoms with E-state index in [4.69, 9.17) is 0 Å². The molecule has 0 bridgehead atoms. The number of piperidine rings is 1. The molecule has 3 heterocycles. The Morgan fingerprint density at radius 1 is 1.18 bits per heavy atom. The lowest BCUT2D eigenvalue weighted by Gasteiger charge is -2.32. The molecule has 28 heavy (non-hydrogen) atoms. The molecule has 1 aliphatic rings. The van der Waals surface area contributed by atoms with Gasteiger partial charge >= 0.3 is 0 Å². The van der Waals surface area contributed by atoms with Gasteiger partial charge in [0.05, 0.1) is 12.1 Å². The molecule has 0 unspecified atom stereocenters. The second-order valence-electron chi connectivity index (χ2n) is 7.06. The number of benzene rings is 1. The van der Waals surface area contributed by atoms with Crippen molar-refractivity contribution in [1.82, 2.24) is 20.3 Å². The van der Waals surface area contributed by atoms with Gasteiger partial charge in [0.25, 0.3) is 0 Å². The van der Waals surface area contributed by atoms with Gasteiger partial charge in [0, 0.05) is 42.5 Å². The summed E-state index contributed by atoms with van der Waals surface area (Å²) in [6.45, 7) is 3.77. The van der Waals surface area contributed by atoms with Crippen LogP contribution in [-0.2, 0) is 11.2 Å². The van der Waals surface area contributed by atoms with Crippen molar-refractivity contribution < 1.29 is 4.79 Å². The van der Waals surface area contributed by atoms with E-state index in [1.807, 2.05) is 11.4 Å². The van der Waals surface area contributed by atoms with Crippen LogP contribution in [-0.4, -0.2) is 40.0 Å². The summed E-state index contributed by atoms with van der Waals surface area (Å²) in [4.78, 5) is 27.8. The Balaban J connectivity index is 1.28. The molecule has 1 amide bonds. The third-order valence-corrected chi connectivity index (χ3v) is 5.83. The molecule has 1 N–H and O–H groups in total. The number of rotatable bonds is 5. The maximum atomic E-state index is 12.4. The largest absolute Gasteiger partial charge is 0.353 e. The maximum Gasteiger partial charge on any atom is 0.226 e. The molecule has 7 heteroatoms. The molecule has 0 radical (unpaired) electrons. The highest BCUT2D eigenvalue weighted by atomic mass is 32.1. The molecule has 1 saturated heterocycles. The highest BCUT2D eigenvalue weighted by Gasteiger charge is 2.22. The summed E-state index contributed by atoms with van der Waals surface area (Å²) in [6.07, 6.45) is 5.64. The van der Waals surface area contributed by atoms with Crippen LogP contribution in [0.25, 0.3) is 10.6 Å². The van der Waals surface area contributed by atoms with Crippen LogP contribution >= 0.6 is 11.3 Å². The van der Waals surface area contributed by atoms with Gasteiger partial charge in [-0.25, -0.2) is 15.0 Å². The summed E-state index contributed by atoms with van der Waals surface area (Å²) in [5, 5.41) is 6.09. The standard InChI is InChI=1S/C21H23N5OS/c1-15-3-5-16(6-4-15)20-25-18(14-28-20)13-19(27)24-17-7-11-26(12-8-17)21-22-9-2-10-23-21/h2-6,9-10,14,17H,7-8,11-13H2,1H3,(H,24,27). The molecule has 1 aliphatic heterocycles. The van der Waals surface area contributed by atoms with Crippen molar-refractivity contribution >= 4 is 23.2 Å². The van der Waals surface area contributed by atoms with Crippen molar-refractivity contribution in [3.63, 3.8) is 0 Å². The minimum Gasteiger partial charge on any atom is -0.353 e. The molecule has 0 aliphatic carbocycles. The van der Waals surface area contributed by atoms with Crippen molar-refractivity contribution in [1.29, 1.82) is 0 Å². The average Bonchev–Trinajstić information content (AvgIpc) is 3.18. The number of thiazole rings is 1. The van der Waals surface area contributed by atoms with Crippen molar-refractivity contribution in [3.05, 3.63) is 59.4 Å². The monoisotopic (exact) mass is 393 g/mol. The van der Waals surface area contributed by atoms with Crippen LogP contribution in [0.3, 0.4) is 0 Å². The minimum absolute atomic E-state index is 0.0372. The van der Waals surface area contributed by atoms with E-state index in [1.54, 1.807) is 23.7 Å². The third-order valence-electron chi connectivity index (χ3n) is 4.89. The van der Waals surface area contributed by atoms with Gasteiger partial charge in [0.1, 0.15) is 5.01 Å². The van der Waals surface area contributed by atoms with E-state index < -0.39 is 0 Å². The molecule has 3 aromatic rings. The fraction of sp³-hybridized carbons (Fsp3) is 0.333. The molecule has 0 spiro atoms. The molecule has 4 rings (SSSR count). The predicted molar refractivity (Wildman–Crippen MR) is 111 cm³/mol.